The molecule has 0 heterocycles. The Hall–Kier alpha value is -0.900. The topological polar surface area (TPSA) is 69.4 Å². The van der Waals surface area contributed by atoms with E-state index in [-0.39, 0.29) is 0 Å². The lowest BCUT2D eigenvalue weighted by molar-refractivity contribution is -0.160. The number of nitrogens with two attached hydrogens (primary N) is 1. The smallest absolute Gasteiger partial charge is 0.330 e. The van der Waals surface area contributed by atoms with Crippen molar-refractivity contribution in [3.8, 4) is 0 Å². The molecule has 1 atom stereocenters. The fourth-order valence-electron chi connectivity index (χ4n) is 3.13. The van der Waals surface area contributed by atoms with Crippen LogP contribution in [0.25, 0.3) is 0 Å². The van der Waals surface area contributed by atoms with Crippen molar-refractivity contribution < 1.29 is 14.3 Å². The van der Waals surface area contributed by atoms with Crippen molar-refractivity contribution >= 4 is 11.9 Å². The van der Waals surface area contributed by atoms with E-state index in [1.54, 1.807) is 0 Å². The van der Waals surface area contributed by atoms with E-state index in [1.807, 2.05) is 13.8 Å². The largest absolute Gasteiger partial charge is 0.392 e. The molecule has 0 spiro atoms. The van der Waals surface area contributed by atoms with E-state index in [1.165, 1.54) is 64.2 Å². The molecule has 0 amide bonds. The minimum atomic E-state index is -0.689. The number of ether oxygens (including phenoxy) is 1. The minimum Gasteiger partial charge on any atom is -0.392 e. The van der Waals surface area contributed by atoms with Crippen LogP contribution in [0.2, 0.25) is 0 Å². The molecule has 0 aromatic rings. The van der Waals surface area contributed by atoms with Crippen LogP contribution in [0.4, 0.5) is 0 Å². The van der Waals surface area contributed by atoms with E-state index < -0.39 is 18.0 Å². The second kappa shape index (κ2) is 17.5. The van der Waals surface area contributed by atoms with Crippen LogP contribution in [0.5, 0.6) is 0 Å². The van der Waals surface area contributed by atoms with Crippen LogP contribution in [0.1, 0.15) is 117 Å². The van der Waals surface area contributed by atoms with E-state index in [9.17, 15) is 9.59 Å². The van der Waals surface area contributed by atoms with Crippen LogP contribution in [0.15, 0.2) is 0 Å². The number of carbonyl (C=O) groups excluding carboxylic acids is 2. The summed E-state index contributed by atoms with van der Waals surface area (Å²) in [7, 11) is 0. The van der Waals surface area contributed by atoms with Gasteiger partial charge in [-0.1, -0.05) is 97.8 Å². The van der Waals surface area contributed by atoms with Crippen LogP contribution in [-0.4, -0.2) is 18.0 Å². The van der Waals surface area contributed by atoms with E-state index in [0.717, 1.165) is 19.3 Å². The fraction of sp³-hybridized carbons (Fsp3) is 0.909. The first kappa shape index (κ1) is 25.1. The van der Waals surface area contributed by atoms with Gasteiger partial charge < -0.3 is 10.5 Å². The van der Waals surface area contributed by atoms with Gasteiger partial charge in [-0.25, -0.2) is 4.79 Å². The maximum absolute atomic E-state index is 11.7. The number of hydrogen-bond donors (Lipinski definition) is 1. The molecule has 0 radical (unpaired) electrons. The highest BCUT2D eigenvalue weighted by molar-refractivity contribution is 5.88. The summed E-state index contributed by atoms with van der Waals surface area (Å²) in [6, 6.07) is -0.689. The summed E-state index contributed by atoms with van der Waals surface area (Å²) in [5.74, 6) is -0.704. The van der Waals surface area contributed by atoms with E-state index in [4.69, 9.17) is 10.5 Å². The fourth-order valence-corrected chi connectivity index (χ4v) is 3.13. The molecule has 2 N–H and O–H groups in total. The van der Waals surface area contributed by atoms with Crippen LogP contribution < -0.4 is 5.73 Å². The lowest BCUT2D eigenvalue weighted by Gasteiger charge is -2.12. The predicted octanol–water partition coefficient (Wildman–Crippen LogP) is 5.91. The molecule has 0 saturated heterocycles. The Balaban J connectivity index is 3.39. The average molecular weight is 370 g/mol. The third-order valence-electron chi connectivity index (χ3n) is 4.73. The van der Waals surface area contributed by atoms with E-state index >= 15 is 0 Å². The summed E-state index contributed by atoms with van der Waals surface area (Å²) in [6.07, 6.45) is 17.3. The summed E-state index contributed by atoms with van der Waals surface area (Å²) >= 11 is 0. The minimum absolute atomic E-state index is 0.314. The molecular weight excluding hydrogens is 326 g/mol. The van der Waals surface area contributed by atoms with Gasteiger partial charge in [0.15, 0.2) is 0 Å². The maximum Gasteiger partial charge on any atom is 0.330 e. The molecule has 0 aromatic heterocycles. The van der Waals surface area contributed by atoms with Crippen LogP contribution in [-0.2, 0) is 14.3 Å². The normalized spacial score (nSPS) is 12.3. The Morgan fingerprint density at radius 1 is 0.769 bits per heavy atom. The molecule has 154 valence electrons. The van der Waals surface area contributed by atoms with Crippen molar-refractivity contribution in [2.75, 3.05) is 0 Å². The molecule has 4 nitrogen and oxygen atoms in total. The molecule has 0 unspecified atom stereocenters. The molecule has 26 heavy (non-hydrogen) atoms. The molecule has 0 rings (SSSR count). The lowest BCUT2D eigenvalue weighted by atomic mass is 10.0. The molecular formula is C22H43NO3. The van der Waals surface area contributed by atoms with Gasteiger partial charge in [0.25, 0.3) is 0 Å². The first-order chi connectivity index (χ1) is 12.5. The van der Waals surface area contributed by atoms with Crippen molar-refractivity contribution in [3.05, 3.63) is 0 Å². The van der Waals surface area contributed by atoms with Gasteiger partial charge in [-0.2, -0.15) is 0 Å². The second-order valence-corrected chi connectivity index (χ2v) is 8.02. The molecule has 0 saturated carbocycles. The third kappa shape index (κ3) is 16.6. The van der Waals surface area contributed by atoms with Gasteiger partial charge in [-0.3, -0.25) is 4.79 Å². The maximum atomic E-state index is 11.7. The van der Waals surface area contributed by atoms with Gasteiger partial charge in [0, 0.05) is 6.42 Å². The zero-order valence-electron chi connectivity index (χ0n) is 17.6. The van der Waals surface area contributed by atoms with Gasteiger partial charge in [-0.15, -0.1) is 0 Å². The molecule has 0 bridgehead atoms. The van der Waals surface area contributed by atoms with Gasteiger partial charge in [0.05, 0.1) is 0 Å². The zero-order valence-corrected chi connectivity index (χ0v) is 17.6. The predicted molar refractivity (Wildman–Crippen MR) is 109 cm³/mol. The van der Waals surface area contributed by atoms with Gasteiger partial charge in [0.2, 0.25) is 0 Å². The molecule has 0 aliphatic carbocycles. The first-order valence-electron chi connectivity index (χ1n) is 11.0. The van der Waals surface area contributed by atoms with Gasteiger partial charge in [0.1, 0.15) is 6.04 Å². The Labute approximate surface area is 161 Å². The third-order valence-corrected chi connectivity index (χ3v) is 4.73. The van der Waals surface area contributed by atoms with Crippen LogP contribution in [0.3, 0.4) is 0 Å². The molecule has 4 heteroatoms. The van der Waals surface area contributed by atoms with Crippen molar-refractivity contribution in [2.24, 2.45) is 11.7 Å². The monoisotopic (exact) mass is 369 g/mol. The van der Waals surface area contributed by atoms with Gasteiger partial charge >= 0.3 is 11.9 Å². The summed E-state index contributed by atoms with van der Waals surface area (Å²) < 4.78 is 4.82. The number of esters is 2. The number of unbranched alkanes of at least 4 members (excludes halogenated alkanes) is 12. The Kier molecular flexibility index (Phi) is 16.9. The Morgan fingerprint density at radius 2 is 1.19 bits per heavy atom. The summed E-state index contributed by atoms with van der Waals surface area (Å²) in [5, 5.41) is 0. The lowest BCUT2D eigenvalue weighted by Crippen LogP contribution is -2.34. The molecule has 0 aliphatic heterocycles. The zero-order chi connectivity index (χ0) is 19.6. The SMILES string of the molecule is CCCCCCCCCCCCCCCC(=O)OC(=O)[C@@H](N)CC(C)C. The van der Waals surface area contributed by atoms with Crippen molar-refractivity contribution in [2.45, 2.75) is 123 Å². The standard InChI is InChI=1S/C22H43NO3/c1-4-5-6-7-8-9-10-11-12-13-14-15-16-17-21(24)26-22(25)20(23)18-19(2)3/h19-20H,4-18,23H2,1-3H3/t20-/m0/s1. The number of carbonyl (C=O) groups is 2. The van der Waals surface area contributed by atoms with E-state index in [0.29, 0.717) is 18.8 Å². The Morgan fingerprint density at radius 3 is 1.62 bits per heavy atom. The summed E-state index contributed by atoms with van der Waals surface area (Å²) in [6.45, 7) is 6.23. The molecule has 0 aliphatic rings. The highest BCUT2D eigenvalue weighted by atomic mass is 16.6. The van der Waals surface area contributed by atoms with Crippen LogP contribution in [0, 0.1) is 5.92 Å². The highest BCUT2D eigenvalue weighted by Crippen LogP contribution is 2.13. The average Bonchev–Trinajstić information content (AvgIpc) is 2.58. The number of rotatable bonds is 17. The van der Waals surface area contributed by atoms with Crippen molar-refractivity contribution in [3.63, 3.8) is 0 Å². The van der Waals surface area contributed by atoms with Gasteiger partial charge in [-0.05, 0) is 18.8 Å². The van der Waals surface area contributed by atoms with Crippen molar-refractivity contribution in [1.29, 1.82) is 0 Å². The molecule has 0 aromatic carbocycles. The second-order valence-electron chi connectivity index (χ2n) is 8.02. The van der Waals surface area contributed by atoms with E-state index in [2.05, 4.69) is 6.92 Å². The number of hydrogen-bond acceptors (Lipinski definition) is 4. The molecule has 0 fully saturated rings. The summed E-state index contributed by atoms with van der Waals surface area (Å²) in [5.41, 5.74) is 5.71. The first-order valence-corrected chi connectivity index (χ1v) is 11.0. The quantitative estimate of drug-likeness (QED) is 0.196. The highest BCUT2D eigenvalue weighted by Gasteiger charge is 2.19. The Bertz CT molecular complexity index is 355. The summed E-state index contributed by atoms with van der Waals surface area (Å²) in [4.78, 5) is 23.3. The van der Waals surface area contributed by atoms with Crippen molar-refractivity contribution in [1.82, 2.24) is 0 Å². The van der Waals surface area contributed by atoms with Crippen LogP contribution >= 0.6 is 0 Å².